The fourth-order valence-corrected chi connectivity index (χ4v) is 3.02. The Bertz CT molecular complexity index is 672. The minimum absolute atomic E-state index is 0.509. The minimum atomic E-state index is 0.509. The maximum atomic E-state index is 6.07. The number of anilines is 1. The summed E-state index contributed by atoms with van der Waals surface area (Å²) in [5.74, 6) is 1.99. The lowest BCUT2D eigenvalue weighted by Gasteiger charge is -2.11. The van der Waals surface area contributed by atoms with E-state index in [4.69, 9.17) is 23.2 Å². The molecule has 0 saturated heterocycles. The second-order valence-corrected chi connectivity index (χ2v) is 6.36. The largest absolute Gasteiger partial charge is 0.372 e. The number of rotatable bonds is 3. The van der Waals surface area contributed by atoms with Crippen LogP contribution < -0.4 is 5.32 Å². The molecule has 20 heavy (non-hydrogen) atoms. The summed E-state index contributed by atoms with van der Waals surface area (Å²) in [6.45, 7) is 0. The average molecular weight is 373 g/mol. The van der Waals surface area contributed by atoms with Crippen LogP contribution in [-0.2, 0) is 0 Å². The van der Waals surface area contributed by atoms with Crippen molar-refractivity contribution >= 4 is 44.9 Å². The van der Waals surface area contributed by atoms with Gasteiger partial charge in [0.1, 0.15) is 5.82 Å². The first-order valence-corrected chi connectivity index (χ1v) is 7.85. The van der Waals surface area contributed by atoms with Gasteiger partial charge in [0.15, 0.2) is 5.82 Å². The van der Waals surface area contributed by atoms with E-state index in [0.717, 1.165) is 21.5 Å². The molecule has 0 bridgehead atoms. The Kier molecular flexibility index (Phi) is 3.89. The summed E-state index contributed by atoms with van der Waals surface area (Å²) in [6.07, 6.45) is 2.36. The number of hydrogen-bond acceptors (Lipinski definition) is 3. The third-order valence-corrected chi connectivity index (χ3v) is 4.78. The van der Waals surface area contributed by atoms with Crippen LogP contribution in [0.3, 0.4) is 0 Å². The highest BCUT2D eigenvalue weighted by Crippen LogP contribution is 2.44. The number of nitrogens with zero attached hydrogens (tertiary/aromatic N) is 2. The molecule has 0 unspecified atom stereocenters. The minimum Gasteiger partial charge on any atom is -0.372 e. The summed E-state index contributed by atoms with van der Waals surface area (Å²) < 4.78 is 0.950. The predicted octanol–water partition coefficient (Wildman–Crippen LogP) is 5.13. The molecule has 1 aliphatic carbocycles. The number of aromatic nitrogens is 2. The smallest absolute Gasteiger partial charge is 0.161 e. The Morgan fingerprint density at radius 2 is 1.95 bits per heavy atom. The maximum absolute atomic E-state index is 6.07. The molecule has 104 valence electrons. The highest BCUT2D eigenvalue weighted by molar-refractivity contribution is 9.10. The predicted molar refractivity (Wildman–Crippen MR) is 86.7 cm³/mol. The molecule has 1 aromatic heterocycles. The molecule has 0 spiro atoms. The van der Waals surface area contributed by atoms with Crippen LogP contribution in [0.15, 0.2) is 22.7 Å². The van der Waals surface area contributed by atoms with Crippen LogP contribution in [0.4, 0.5) is 5.82 Å². The van der Waals surface area contributed by atoms with Crippen molar-refractivity contribution in [1.82, 2.24) is 9.97 Å². The third kappa shape index (κ3) is 2.65. The number of hydrogen-bond donors (Lipinski definition) is 1. The van der Waals surface area contributed by atoms with Gasteiger partial charge in [-0.1, -0.05) is 23.2 Å². The molecule has 0 radical (unpaired) electrons. The Hall–Kier alpha value is -0.840. The molecule has 1 N–H and O–H groups in total. The molecule has 2 aromatic rings. The molecule has 0 amide bonds. The SMILES string of the molecule is CNc1nc(-c2ccc(Cl)c(Cl)c2)nc(C2CC2)c1Br. The Morgan fingerprint density at radius 3 is 2.55 bits per heavy atom. The van der Waals surface area contributed by atoms with Crippen molar-refractivity contribution in [2.75, 3.05) is 12.4 Å². The van der Waals surface area contributed by atoms with E-state index in [1.54, 1.807) is 12.1 Å². The van der Waals surface area contributed by atoms with Gasteiger partial charge in [-0.15, -0.1) is 0 Å². The molecule has 3 rings (SSSR count). The third-order valence-electron chi connectivity index (χ3n) is 3.26. The van der Waals surface area contributed by atoms with Gasteiger partial charge in [0, 0.05) is 18.5 Å². The van der Waals surface area contributed by atoms with Crippen molar-refractivity contribution in [2.24, 2.45) is 0 Å². The van der Waals surface area contributed by atoms with Gasteiger partial charge in [0.05, 0.1) is 20.2 Å². The zero-order valence-electron chi connectivity index (χ0n) is 10.8. The second-order valence-electron chi connectivity index (χ2n) is 4.75. The fraction of sp³-hybridized carbons (Fsp3) is 0.286. The van der Waals surface area contributed by atoms with E-state index in [9.17, 15) is 0 Å². The lowest BCUT2D eigenvalue weighted by molar-refractivity contribution is 0.980. The van der Waals surface area contributed by atoms with Gasteiger partial charge in [-0.05, 0) is 47.0 Å². The van der Waals surface area contributed by atoms with Crippen molar-refractivity contribution in [3.63, 3.8) is 0 Å². The number of benzene rings is 1. The van der Waals surface area contributed by atoms with E-state index < -0.39 is 0 Å². The average Bonchev–Trinajstić information content (AvgIpc) is 3.27. The number of nitrogens with one attached hydrogen (secondary N) is 1. The summed E-state index contributed by atoms with van der Waals surface area (Å²) in [4.78, 5) is 9.22. The molecule has 1 aromatic carbocycles. The monoisotopic (exact) mass is 371 g/mol. The highest BCUT2D eigenvalue weighted by atomic mass is 79.9. The van der Waals surface area contributed by atoms with Crippen LogP contribution in [0.25, 0.3) is 11.4 Å². The summed E-state index contributed by atoms with van der Waals surface area (Å²) in [5.41, 5.74) is 1.93. The topological polar surface area (TPSA) is 37.8 Å². The van der Waals surface area contributed by atoms with Gasteiger partial charge < -0.3 is 5.32 Å². The van der Waals surface area contributed by atoms with Crippen LogP contribution in [0, 0.1) is 0 Å². The normalized spacial score (nSPS) is 14.4. The Labute approximate surface area is 135 Å². The Morgan fingerprint density at radius 1 is 1.20 bits per heavy atom. The van der Waals surface area contributed by atoms with E-state index in [1.807, 2.05) is 13.1 Å². The second kappa shape index (κ2) is 5.51. The molecule has 1 fully saturated rings. The van der Waals surface area contributed by atoms with Crippen LogP contribution in [0.1, 0.15) is 24.5 Å². The molecule has 3 nitrogen and oxygen atoms in total. The van der Waals surface area contributed by atoms with Gasteiger partial charge in [-0.3, -0.25) is 0 Å². The van der Waals surface area contributed by atoms with Gasteiger partial charge in [0.2, 0.25) is 0 Å². The van der Waals surface area contributed by atoms with Gasteiger partial charge in [0.25, 0.3) is 0 Å². The van der Waals surface area contributed by atoms with E-state index in [0.29, 0.717) is 21.8 Å². The molecule has 6 heteroatoms. The Balaban J connectivity index is 2.12. The molecule has 0 atom stereocenters. The first-order valence-electron chi connectivity index (χ1n) is 6.30. The lowest BCUT2D eigenvalue weighted by Crippen LogP contribution is -2.02. The zero-order chi connectivity index (χ0) is 14.3. The van der Waals surface area contributed by atoms with Crippen LogP contribution in [0.5, 0.6) is 0 Å². The molecule has 1 aliphatic rings. The maximum Gasteiger partial charge on any atom is 0.161 e. The number of halogens is 3. The van der Waals surface area contributed by atoms with Crippen molar-refractivity contribution in [3.05, 3.63) is 38.4 Å². The first-order chi connectivity index (χ1) is 9.60. The van der Waals surface area contributed by atoms with Gasteiger partial charge in [-0.2, -0.15) is 0 Å². The van der Waals surface area contributed by atoms with Crippen LogP contribution in [0.2, 0.25) is 10.0 Å². The summed E-state index contributed by atoms with van der Waals surface area (Å²) >= 11 is 15.6. The standard InChI is InChI=1S/C14H12BrCl2N3/c1-18-14-11(15)12(7-2-3-7)19-13(20-14)8-4-5-9(16)10(17)6-8/h4-7H,2-3H2,1H3,(H,18,19,20). The molecule has 1 saturated carbocycles. The van der Waals surface area contributed by atoms with Crippen LogP contribution in [-0.4, -0.2) is 17.0 Å². The first kappa shape index (κ1) is 14.1. The van der Waals surface area contributed by atoms with E-state index in [1.165, 1.54) is 12.8 Å². The van der Waals surface area contributed by atoms with Gasteiger partial charge in [-0.25, -0.2) is 9.97 Å². The van der Waals surface area contributed by atoms with Crippen molar-refractivity contribution in [2.45, 2.75) is 18.8 Å². The van der Waals surface area contributed by atoms with E-state index in [-0.39, 0.29) is 0 Å². The molecule has 0 aliphatic heterocycles. The molecule has 1 heterocycles. The van der Waals surface area contributed by atoms with Gasteiger partial charge >= 0.3 is 0 Å². The molecular formula is C14H12BrCl2N3. The van der Waals surface area contributed by atoms with Crippen molar-refractivity contribution in [1.29, 1.82) is 0 Å². The van der Waals surface area contributed by atoms with Crippen molar-refractivity contribution < 1.29 is 0 Å². The zero-order valence-corrected chi connectivity index (χ0v) is 13.8. The quantitative estimate of drug-likeness (QED) is 0.811. The summed E-state index contributed by atoms with van der Waals surface area (Å²) in [7, 11) is 1.85. The van der Waals surface area contributed by atoms with Crippen molar-refractivity contribution in [3.8, 4) is 11.4 Å². The van der Waals surface area contributed by atoms with E-state index in [2.05, 4.69) is 31.2 Å². The van der Waals surface area contributed by atoms with E-state index >= 15 is 0 Å². The highest BCUT2D eigenvalue weighted by Gasteiger charge is 2.29. The summed E-state index contributed by atoms with van der Waals surface area (Å²) in [5, 5.41) is 4.14. The summed E-state index contributed by atoms with van der Waals surface area (Å²) in [6, 6.07) is 5.44. The van der Waals surface area contributed by atoms with Crippen LogP contribution >= 0.6 is 39.1 Å². The fourth-order valence-electron chi connectivity index (χ4n) is 2.02. The molecular weight excluding hydrogens is 361 g/mol. The lowest BCUT2D eigenvalue weighted by atomic mass is 10.2.